The zero-order valence-corrected chi connectivity index (χ0v) is 20.6. The number of amides is 3. The van der Waals surface area contributed by atoms with E-state index < -0.39 is 67.3 Å². The number of carbonyl (C=O) groups excluding carboxylic acids is 4. The minimum Gasteiger partial charge on any atom is -0.496 e. The van der Waals surface area contributed by atoms with Crippen molar-refractivity contribution in [3.63, 3.8) is 0 Å². The van der Waals surface area contributed by atoms with Crippen LogP contribution in [0.5, 0.6) is 5.75 Å². The molecule has 2 fully saturated rings. The summed E-state index contributed by atoms with van der Waals surface area (Å²) in [7, 11) is 1.44. The smallest absolute Gasteiger partial charge is 0.393 e. The summed E-state index contributed by atoms with van der Waals surface area (Å²) >= 11 is 0. The van der Waals surface area contributed by atoms with Crippen molar-refractivity contribution in [2.24, 2.45) is 11.8 Å². The van der Waals surface area contributed by atoms with E-state index in [2.05, 4.69) is 15.6 Å². The fraction of sp³-hybridized carbons (Fsp3) is 0.520. The molecule has 3 heterocycles. The molecule has 0 bridgehead atoms. The summed E-state index contributed by atoms with van der Waals surface area (Å²) < 4.78 is 46.3. The van der Waals surface area contributed by atoms with Crippen molar-refractivity contribution in [2.75, 3.05) is 26.8 Å². The Labute approximate surface area is 215 Å². The molecule has 0 saturated carbocycles. The summed E-state index contributed by atoms with van der Waals surface area (Å²) in [5.74, 6) is -4.94. The SMILES string of the molecule is COc1cccc2[nH]c(C(=O)N3C[C@H](C(F)(F)F)C[C@H]3C(=O)N[C@@H](CC3CCCNC3=O)C(=O)CO)cc12. The number of hydrogen-bond acceptors (Lipinski definition) is 6. The highest BCUT2D eigenvalue weighted by Gasteiger charge is 2.51. The molecule has 1 aromatic carbocycles. The lowest BCUT2D eigenvalue weighted by molar-refractivity contribution is -0.170. The van der Waals surface area contributed by atoms with Crippen LogP contribution in [-0.4, -0.2) is 83.6 Å². The number of fused-ring (bicyclic) bond motifs is 1. The standard InChI is InChI=1S/C25H29F3N4O6/c1-38-21-6-2-5-16-15(21)10-18(30-16)24(37)32-11-14(25(26,27)28)9-19(32)23(36)31-17(20(34)12-33)8-13-4-3-7-29-22(13)35/h2,5-6,10,13-14,17,19,30,33H,3-4,7-9,11-12H2,1H3,(H,29,35)(H,31,36)/t13?,14-,17+,19+/m1/s1. The summed E-state index contributed by atoms with van der Waals surface area (Å²) in [6.07, 6.45) is -4.32. The average Bonchev–Trinajstić information content (AvgIpc) is 3.53. The van der Waals surface area contributed by atoms with Gasteiger partial charge in [-0.2, -0.15) is 13.2 Å². The molecule has 1 aromatic heterocycles. The fourth-order valence-corrected chi connectivity index (χ4v) is 5.12. The Morgan fingerprint density at radius 3 is 2.71 bits per heavy atom. The molecule has 1 unspecified atom stereocenters. The first-order chi connectivity index (χ1) is 18.0. The molecule has 3 amide bonds. The van der Waals surface area contributed by atoms with Crippen molar-refractivity contribution in [1.29, 1.82) is 0 Å². The Morgan fingerprint density at radius 2 is 2.05 bits per heavy atom. The zero-order chi connectivity index (χ0) is 27.6. The largest absolute Gasteiger partial charge is 0.496 e. The summed E-state index contributed by atoms with van der Waals surface area (Å²) in [5, 5.41) is 15.0. The number of Topliss-reactive ketones (excluding diaryl/α,β-unsaturated/α-hetero) is 1. The first-order valence-corrected chi connectivity index (χ1v) is 12.3. The molecule has 2 aliphatic heterocycles. The molecule has 2 saturated heterocycles. The molecule has 2 aliphatic rings. The number of H-pyrrole nitrogens is 1. The molecule has 13 heteroatoms. The molecule has 0 spiro atoms. The van der Waals surface area contributed by atoms with Gasteiger partial charge < -0.3 is 30.4 Å². The van der Waals surface area contributed by atoms with Gasteiger partial charge in [-0.15, -0.1) is 0 Å². The van der Waals surface area contributed by atoms with Crippen molar-refractivity contribution < 1.29 is 42.2 Å². The number of halogens is 3. The van der Waals surface area contributed by atoms with Crippen molar-refractivity contribution in [2.45, 2.75) is 43.9 Å². The topological polar surface area (TPSA) is 141 Å². The summed E-state index contributed by atoms with van der Waals surface area (Å²) in [6, 6.07) is 3.67. The van der Waals surface area contributed by atoms with Crippen LogP contribution in [0, 0.1) is 11.8 Å². The highest BCUT2D eigenvalue weighted by molar-refractivity contribution is 6.02. The van der Waals surface area contributed by atoms with E-state index in [9.17, 15) is 37.5 Å². The van der Waals surface area contributed by atoms with Gasteiger partial charge in [0.2, 0.25) is 11.8 Å². The number of ether oxygens (including phenoxy) is 1. The van der Waals surface area contributed by atoms with Crippen molar-refractivity contribution >= 4 is 34.4 Å². The number of nitrogens with one attached hydrogen (secondary N) is 3. The number of rotatable bonds is 8. The number of carbonyl (C=O) groups is 4. The summed E-state index contributed by atoms with van der Waals surface area (Å²) in [5.41, 5.74) is 0.506. The van der Waals surface area contributed by atoms with Crippen LogP contribution >= 0.6 is 0 Å². The van der Waals surface area contributed by atoms with Crippen LogP contribution in [0.1, 0.15) is 36.2 Å². The predicted molar refractivity (Wildman–Crippen MR) is 128 cm³/mol. The van der Waals surface area contributed by atoms with E-state index in [4.69, 9.17) is 4.74 Å². The number of ketones is 1. The number of methoxy groups -OCH3 is 1. The monoisotopic (exact) mass is 538 g/mol. The molecule has 206 valence electrons. The van der Waals surface area contributed by atoms with Gasteiger partial charge in [0.25, 0.3) is 5.91 Å². The van der Waals surface area contributed by atoms with Crippen LogP contribution in [0.2, 0.25) is 0 Å². The van der Waals surface area contributed by atoms with E-state index in [0.29, 0.717) is 36.0 Å². The second-order valence-corrected chi connectivity index (χ2v) is 9.60. The van der Waals surface area contributed by atoms with Crippen LogP contribution in [0.25, 0.3) is 10.9 Å². The van der Waals surface area contributed by atoms with Gasteiger partial charge in [-0.25, -0.2) is 0 Å². The third kappa shape index (κ3) is 5.62. The number of benzene rings is 1. The second kappa shape index (κ2) is 11.0. The number of likely N-dealkylation sites (tertiary alicyclic amines) is 1. The van der Waals surface area contributed by atoms with Crippen LogP contribution < -0.4 is 15.4 Å². The van der Waals surface area contributed by atoms with Crippen molar-refractivity contribution in [3.8, 4) is 5.75 Å². The van der Waals surface area contributed by atoms with E-state index in [1.807, 2.05) is 0 Å². The van der Waals surface area contributed by atoms with Gasteiger partial charge in [-0.3, -0.25) is 19.2 Å². The number of aliphatic hydroxyl groups excluding tert-OH is 1. The number of aromatic nitrogens is 1. The third-order valence-electron chi connectivity index (χ3n) is 7.18. The highest BCUT2D eigenvalue weighted by Crippen LogP contribution is 2.38. The highest BCUT2D eigenvalue weighted by atomic mass is 19.4. The molecular formula is C25H29F3N4O6. The van der Waals surface area contributed by atoms with Gasteiger partial charge in [0.15, 0.2) is 5.78 Å². The number of nitrogens with zero attached hydrogens (tertiary/aromatic N) is 1. The first kappa shape index (κ1) is 27.4. The van der Waals surface area contributed by atoms with Crippen LogP contribution in [0.15, 0.2) is 24.3 Å². The maximum Gasteiger partial charge on any atom is 0.393 e. The molecular weight excluding hydrogens is 509 g/mol. The maximum atomic E-state index is 13.7. The van der Waals surface area contributed by atoms with Gasteiger partial charge in [-0.05, 0) is 43.9 Å². The minimum absolute atomic E-state index is 0.0213. The van der Waals surface area contributed by atoms with Gasteiger partial charge in [0, 0.05) is 29.9 Å². The molecule has 10 nitrogen and oxygen atoms in total. The summed E-state index contributed by atoms with van der Waals surface area (Å²) in [6.45, 7) is -1.18. The molecule has 2 aromatic rings. The Hall–Kier alpha value is -3.61. The average molecular weight is 539 g/mol. The van der Waals surface area contributed by atoms with E-state index in [0.717, 1.165) is 4.90 Å². The predicted octanol–water partition coefficient (Wildman–Crippen LogP) is 1.53. The van der Waals surface area contributed by atoms with E-state index in [-0.39, 0.29) is 18.0 Å². The minimum atomic E-state index is -4.66. The van der Waals surface area contributed by atoms with Gasteiger partial charge in [0.1, 0.15) is 24.1 Å². The third-order valence-corrected chi connectivity index (χ3v) is 7.18. The zero-order valence-electron chi connectivity index (χ0n) is 20.6. The van der Waals surface area contributed by atoms with E-state index in [1.165, 1.54) is 13.2 Å². The Kier molecular flexibility index (Phi) is 7.95. The quantitative estimate of drug-likeness (QED) is 0.402. The fourth-order valence-electron chi connectivity index (χ4n) is 5.12. The maximum absolute atomic E-state index is 13.7. The molecule has 4 rings (SSSR count). The lowest BCUT2D eigenvalue weighted by Crippen LogP contribution is -2.52. The lowest BCUT2D eigenvalue weighted by atomic mass is 9.90. The number of aliphatic hydroxyl groups is 1. The van der Waals surface area contributed by atoms with Gasteiger partial charge in [-0.1, -0.05) is 6.07 Å². The Balaban J connectivity index is 1.59. The lowest BCUT2D eigenvalue weighted by Gasteiger charge is -2.28. The van der Waals surface area contributed by atoms with Crippen molar-refractivity contribution in [3.05, 3.63) is 30.0 Å². The van der Waals surface area contributed by atoms with Crippen LogP contribution in [-0.2, 0) is 14.4 Å². The normalized spacial score (nSPS) is 22.7. The number of hydrogen-bond donors (Lipinski definition) is 4. The molecule has 4 atom stereocenters. The van der Waals surface area contributed by atoms with Crippen molar-refractivity contribution in [1.82, 2.24) is 20.5 Å². The van der Waals surface area contributed by atoms with Crippen LogP contribution in [0.4, 0.5) is 13.2 Å². The number of alkyl halides is 3. The second-order valence-electron chi connectivity index (χ2n) is 9.60. The van der Waals surface area contributed by atoms with E-state index >= 15 is 0 Å². The molecule has 4 N–H and O–H groups in total. The van der Waals surface area contributed by atoms with Gasteiger partial charge in [0.05, 0.1) is 19.1 Å². The Bertz CT molecular complexity index is 1230. The summed E-state index contributed by atoms with van der Waals surface area (Å²) in [4.78, 5) is 54.9. The first-order valence-electron chi connectivity index (χ1n) is 12.3. The number of piperidine rings is 1. The van der Waals surface area contributed by atoms with E-state index in [1.54, 1.807) is 18.2 Å². The number of aromatic amines is 1. The molecule has 0 radical (unpaired) electrons. The van der Waals surface area contributed by atoms with Gasteiger partial charge >= 0.3 is 6.18 Å². The molecule has 38 heavy (non-hydrogen) atoms. The molecule has 0 aliphatic carbocycles. The Morgan fingerprint density at radius 1 is 1.29 bits per heavy atom. The van der Waals surface area contributed by atoms with Crippen LogP contribution in [0.3, 0.4) is 0 Å².